The van der Waals surface area contributed by atoms with Crippen molar-refractivity contribution in [1.29, 1.82) is 0 Å². The Balaban J connectivity index is 0. The van der Waals surface area contributed by atoms with Gasteiger partial charge in [0.25, 0.3) is 0 Å². The second kappa shape index (κ2) is 3.74. The molecule has 0 fully saturated rings. The Morgan fingerprint density at radius 1 is 1.44 bits per heavy atom. The fourth-order valence-electron chi connectivity index (χ4n) is 0.134. The summed E-state index contributed by atoms with van der Waals surface area (Å²) >= 11 is 0. The van der Waals surface area contributed by atoms with E-state index in [0.29, 0.717) is 6.08 Å². The first kappa shape index (κ1) is 11.6. The lowest BCUT2D eigenvalue weighted by Gasteiger charge is -2.09. The van der Waals surface area contributed by atoms with Crippen LogP contribution >= 0.6 is 12.4 Å². The lowest BCUT2D eigenvalue weighted by atomic mass is 10.3. The maximum Gasteiger partial charge on any atom is 0.407 e. The summed E-state index contributed by atoms with van der Waals surface area (Å²) in [6.07, 6.45) is -3.68. The van der Waals surface area contributed by atoms with E-state index in [4.69, 9.17) is 0 Å². The van der Waals surface area contributed by atoms with Crippen molar-refractivity contribution in [2.24, 2.45) is 5.73 Å². The van der Waals surface area contributed by atoms with Crippen molar-refractivity contribution in [3.05, 3.63) is 12.7 Å². The smallest absolute Gasteiger partial charge is 0.317 e. The Bertz CT molecular complexity index is 90.3. The third-order valence-electron chi connectivity index (χ3n) is 0.632. The number of halogens is 4. The zero-order chi connectivity index (χ0) is 6.78. The van der Waals surface area contributed by atoms with E-state index in [1.54, 1.807) is 0 Å². The minimum Gasteiger partial charge on any atom is -0.317 e. The molecule has 1 atom stereocenters. The van der Waals surface area contributed by atoms with Gasteiger partial charge in [-0.15, -0.1) is 19.0 Å². The van der Waals surface area contributed by atoms with Crippen LogP contribution in [0.3, 0.4) is 0 Å². The average Bonchev–Trinajstić information content (AvgIpc) is 1.62. The molecular formula is C4H7ClF3N. The standard InChI is InChI=1S/C4H6F3N.ClH/c1-2-3(8)4(5,6)7;/h2-3H,1,8H2;1H/t3-;/m0./s1. The van der Waals surface area contributed by atoms with Crippen molar-refractivity contribution in [1.82, 2.24) is 0 Å². The molecule has 0 aromatic carbocycles. The molecule has 0 saturated heterocycles. The molecule has 0 radical (unpaired) electrons. The van der Waals surface area contributed by atoms with Crippen molar-refractivity contribution >= 4 is 12.4 Å². The Morgan fingerprint density at radius 3 is 1.78 bits per heavy atom. The van der Waals surface area contributed by atoms with E-state index in [9.17, 15) is 13.2 Å². The summed E-state index contributed by atoms with van der Waals surface area (Å²) in [5, 5.41) is 0. The molecule has 0 aromatic heterocycles. The van der Waals surface area contributed by atoms with Crippen LogP contribution in [0.25, 0.3) is 0 Å². The van der Waals surface area contributed by atoms with Gasteiger partial charge < -0.3 is 5.73 Å². The van der Waals surface area contributed by atoms with Crippen molar-refractivity contribution in [2.45, 2.75) is 12.2 Å². The summed E-state index contributed by atoms with van der Waals surface area (Å²) in [5.41, 5.74) is 4.51. The molecule has 0 bridgehead atoms. The molecular weight excluding hydrogens is 154 g/mol. The second-order valence-corrected chi connectivity index (χ2v) is 1.30. The maximum absolute atomic E-state index is 11.3. The average molecular weight is 162 g/mol. The Kier molecular flexibility index (Phi) is 4.80. The first-order valence-corrected chi connectivity index (χ1v) is 1.93. The highest BCUT2D eigenvalue weighted by atomic mass is 35.5. The van der Waals surface area contributed by atoms with Gasteiger partial charge in [0.1, 0.15) is 6.04 Å². The van der Waals surface area contributed by atoms with Crippen LogP contribution in [-0.4, -0.2) is 12.2 Å². The fourth-order valence-corrected chi connectivity index (χ4v) is 0.134. The topological polar surface area (TPSA) is 26.0 Å². The van der Waals surface area contributed by atoms with Gasteiger partial charge >= 0.3 is 6.18 Å². The molecule has 0 saturated carbocycles. The number of hydrogen-bond donors (Lipinski definition) is 1. The van der Waals surface area contributed by atoms with Crippen LogP contribution < -0.4 is 5.73 Å². The summed E-state index contributed by atoms with van der Waals surface area (Å²) in [5.74, 6) is 0. The second-order valence-electron chi connectivity index (χ2n) is 1.30. The van der Waals surface area contributed by atoms with Gasteiger partial charge in [0.15, 0.2) is 0 Å². The molecule has 0 heterocycles. The highest BCUT2D eigenvalue weighted by molar-refractivity contribution is 5.85. The SMILES string of the molecule is C=C[C@H](N)C(F)(F)F.Cl. The highest BCUT2D eigenvalue weighted by Crippen LogP contribution is 2.18. The molecule has 0 aromatic rings. The lowest BCUT2D eigenvalue weighted by Crippen LogP contribution is -2.34. The van der Waals surface area contributed by atoms with Gasteiger partial charge in [-0.2, -0.15) is 13.2 Å². The normalized spacial score (nSPS) is 13.8. The van der Waals surface area contributed by atoms with E-state index >= 15 is 0 Å². The molecule has 0 spiro atoms. The molecule has 0 aliphatic rings. The van der Waals surface area contributed by atoms with Gasteiger partial charge in [-0.3, -0.25) is 0 Å². The number of nitrogens with two attached hydrogens (primary N) is 1. The van der Waals surface area contributed by atoms with Crippen LogP contribution in [0, 0.1) is 0 Å². The summed E-state index contributed by atoms with van der Waals surface area (Å²) in [6.45, 7) is 2.88. The van der Waals surface area contributed by atoms with Crippen LogP contribution in [0.1, 0.15) is 0 Å². The lowest BCUT2D eigenvalue weighted by molar-refractivity contribution is -0.136. The molecule has 1 nitrogen and oxygen atoms in total. The Morgan fingerprint density at radius 2 is 1.78 bits per heavy atom. The summed E-state index contributed by atoms with van der Waals surface area (Å²) in [4.78, 5) is 0. The molecule has 9 heavy (non-hydrogen) atoms. The third kappa shape index (κ3) is 4.29. The summed E-state index contributed by atoms with van der Waals surface area (Å²) in [7, 11) is 0. The molecule has 0 rings (SSSR count). The Labute approximate surface area is 57.1 Å². The van der Waals surface area contributed by atoms with E-state index in [2.05, 4.69) is 12.3 Å². The fraction of sp³-hybridized carbons (Fsp3) is 0.500. The zero-order valence-corrected chi connectivity index (χ0v) is 5.30. The first-order valence-electron chi connectivity index (χ1n) is 1.93. The van der Waals surface area contributed by atoms with Crippen molar-refractivity contribution < 1.29 is 13.2 Å². The van der Waals surface area contributed by atoms with Crippen molar-refractivity contribution in [2.75, 3.05) is 0 Å². The molecule has 5 heteroatoms. The van der Waals surface area contributed by atoms with E-state index in [1.807, 2.05) is 0 Å². The van der Waals surface area contributed by atoms with Gasteiger partial charge in [0.05, 0.1) is 0 Å². The van der Waals surface area contributed by atoms with Gasteiger partial charge in [0, 0.05) is 0 Å². The van der Waals surface area contributed by atoms with Crippen molar-refractivity contribution in [3.63, 3.8) is 0 Å². The third-order valence-corrected chi connectivity index (χ3v) is 0.632. The predicted molar refractivity (Wildman–Crippen MR) is 31.5 cm³/mol. The van der Waals surface area contributed by atoms with Crippen LogP contribution in [0.4, 0.5) is 13.2 Å². The minimum atomic E-state index is -4.33. The van der Waals surface area contributed by atoms with E-state index < -0.39 is 12.2 Å². The van der Waals surface area contributed by atoms with Gasteiger partial charge in [-0.1, -0.05) is 6.08 Å². The van der Waals surface area contributed by atoms with Crippen LogP contribution in [-0.2, 0) is 0 Å². The molecule has 0 aliphatic heterocycles. The molecule has 2 N–H and O–H groups in total. The van der Waals surface area contributed by atoms with E-state index in [1.165, 1.54) is 0 Å². The maximum atomic E-state index is 11.3. The minimum absolute atomic E-state index is 0. The summed E-state index contributed by atoms with van der Waals surface area (Å²) in [6, 6.07) is -1.89. The van der Waals surface area contributed by atoms with E-state index in [0.717, 1.165) is 0 Å². The predicted octanol–water partition coefficient (Wildman–Crippen LogP) is 1.48. The van der Waals surface area contributed by atoms with Crippen LogP contribution in [0.15, 0.2) is 12.7 Å². The molecule has 0 aliphatic carbocycles. The van der Waals surface area contributed by atoms with Crippen LogP contribution in [0.5, 0.6) is 0 Å². The molecule has 0 amide bonds. The monoisotopic (exact) mass is 161 g/mol. The van der Waals surface area contributed by atoms with E-state index in [-0.39, 0.29) is 12.4 Å². The quantitative estimate of drug-likeness (QED) is 0.580. The zero-order valence-electron chi connectivity index (χ0n) is 4.48. The largest absolute Gasteiger partial charge is 0.407 e. The highest BCUT2D eigenvalue weighted by Gasteiger charge is 2.33. The number of hydrogen-bond acceptors (Lipinski definition) is 1. The van der Waals surface area contributed by atoms with Crippen molar-refractivity contribution in [3.8, 4) is 0 Å². The van der Waals surface area contributed by atoms with Gasteiger partial charge in [-0.05, 0) is 0 Å². The summed E-state index contributed by atoms with van der Waals surface area (Å²) < 4.78 is 33.8. The number of alkyl halides is 3. The van der Waals surface area contributed by atoms with Gasteiger partial charge in [-0.25, -0.2) is 0 Å². The van der Waals surface area contributed by atoms with Crippen LogP contribution in [0.2, 0.25) is 0 Å². The Hall–Kier alpha value is -0.220. The molecule has 0 unspecified atom stereocenters. The first-order chi connectivity index (χ1) is 3.48. The number of rotatable bonds is 1. The molecule has 56 valence electrons. The van der Waals surface area contributed by atoms with Gasteiger partial charge in [0.2, 0.25) is 0 Å².